The van der Waals surface area contributed by atoms with E-state index >= 15 is 0 Å². The third kappa shape index (κ3) is 2.81. The fourth-order valence-corrected chi connectivity index (χ4v) is 4.51. The fraction of sp³-hybridized carbons (Fsp3) is 0.438. The van der Waals surface area contributed by atoms with Crippen molar-refractivity contribution in [2.24, 2.45) is 0 Å². The lowest BCUT2D eigenvalue weighted by Gasteiger charge is -2.41. The van der Waals surface area contributed by atoms with E-state index in [1.54, 1.807) is 47.0 Å². The molecule has 7 heteroatoms. The van der Waals surface area contributed by atoms with Crippen LogP contribution in [0.5, 0.6) is 0 Å². The van der Waals surface area contributed by atoms with E-state index in [-0.39, 0.29) is 16.0 Å². The second-order valence-electron chi connectivity index (χ2n) is 6.40. The molecule has 2 heterocycles. The van der Waals surface area contributed by atoms with Gasteiger partial charge in [0.25, 0.3) is 0 Å². The van der Waals surface area contributed by atoms with Gasteiger partial charge >= 0.3 is 5.97 Å². The molecule has 0 aliphatic carbocycles. The second-order valence-corrected chi connectivity index (χ2v) is 8.23. The molecule has 122 valence electrons. The number of hydrogen-bond acceptors (Lipinski definition) is 4. The summed E-state index contributed by atoms with van der Waals surface area (Å²) in [7, 11) is 0. The first kappa shape index (κ1) is 15.9. The zero-order chi connectivity index (χ0) is 16.8. The van der Waals surface area contributed by atoms with Crippen LogP contribution in [-0.2, 0) is 14.4 Å². The van der Waals surface area contributed by atoms with Gasteiger partial charge in [0.2, 0.25) is 11.8 Å². The number of nitrogens with one attached hydrogen (secondary N) is 1. The van der Waals surface area contributed by atoms with Crippen molar-refractivity contribution in [3.8, 4) is 0 Å². The summed E-state index contributed by atoms with van der Waals surface area (Å²) in [5.74, 6) is -3.32. The number of fused-ring (bicyclic) bond motifs is 1. The van der Waals surface area contributed by atoms with Crippen LogP contribution in [0.15, 0.2) is 30.3 Å². The van der Waals surface area contributed by atoms with Gasteiger partial charge in [0.1, 0.15) is 11.4 Å². The van der Waals surface area contributed by atoms with Gasteiger partial charge in [0.05, 0.1) is 0 Å². The van der Waals surface area contributed by atoms with E-state index in [1.807, 2.05) is 13.8 Å². The molecule has 0 radical (unpaired) electrons. The van der Waals surface area contributed by atoms with Gasteiger partial charge in [-0.05, 0) is 19.4 Å². The van der Waals surface area contributed by atoms with Gasteiger partial charge in [-0.3, -0.25) is 14.4 Å². The predicted octanol–water partition coefficient (Wildman–Crippen LogP) is 1.03. The van der Waals surface area contributed by atoms with Crippen molar-refractivity contribution < 1.29 is 19.5 Å². The Morgan fingerprint density at radius 3 is 2.61 bits per heavy atom. The number of rotatable bonds is 4. The molecule has 6 nitrogen and oxygen atoms in total. The quantitative estimate of drug-likeness (QED) is 0.634. The summed E-state index contributed by atoms with van der Waals surface area (Å²) in [5, 5.41) is 11.9. The SMILES string of the molecule is CC1(C)CN2C(=O)[C@@H](NC(=O)C(C(=O)O)c3ccccc3)[C@H]2S1. The van der Waals surface area contributed by atoms with Gasteiger partial charge in [0.15, 0.2) is 5.92 Å². The number of hydrogen-bond donors (Lipinski definition) is 2. The van der Waals surface area contributed by atoms with Gasteiger partial charge in [0, 0.05) is 11.3 Å². The highest BCUT2D eigenvalue weighted by atomic mass is 32.2. The summed E-state index contributed by atoms with van der Waals surface area (Å²) in [4.78, 5) is 37.8. The Morgan fingerprint density at radius 1 is 1.35 bits per heavy atom. The van der Waals surface area contributed by atoms with Crippen LogP contribution < -0.4 is 5.32 Å². The zero-order valence-corrected chi connectivity index (χ0v) is 13.7. The Balaban J connectivity index is 1.74. The third-order valence-electron chi connectivity index (χ3n) is 4.07. The molecular formula is C16H18N2O4S. The molecule has 0 spiro atoms. The number of carbonyl (C=O) groups is 3. The minimum Gasteiger partial charge on any atom is -0.480 e. The fourth-order valence-electron chi connectivity index (χ4n) is 3.02. The van der Waals surface area contributed by atoms with Crippen LogP contribution in [0.1, 0.15) is 25.3 Å². The summed E-state index contributed by atoms with van der Waals surface area (Å²) in [6, 6.07) is 7.68. The highest BCUT2D eigenvalue weighted by molar-refractivity contribution is 8.01. The van der Waals surface area contributed by atoms with Crippen LogP contribution in [0.2, 0.25) is 0 Å². The number of aliphatic carboxylic acids is 1. The molecule has 23 heavy (non-hydrogen) atoms. The lowest BCUT2D eigenvalue weighted by Crippen LogP contribution is -2.67. The number of carboxylic acid groups (broad SMARTS) is 1. The number of nitrogens with zero attached hydrogens (tertiary/aromatic N) is 1. The van der Waals surface area contributed by atoms with Crippen molar-refractivity contribution in [2.75, 3.05) is 6.54 Å². The van der Waals surface area contributed by atoms with E-state index in [4.69, 9.17) is 0 Å². The topological polar surface area (TPSA) is 86.7 Å². The highest BCUT2D eigenvalue weighted by Crippen LogP contribution is 2.46. The van der Waals surface area contributed by atoms with Crippen LogP contribution in [0, 0.1) is 0 Å². The van der Waals surface area contributed by atoms with Gasteiger partial charge in [-0.1, -0.05) is 30.3 Å². The molecule has 2 saturated heterocycles. The van der Waals surface area contributed by atoms with Gasteiger partial charge < -0.3 is 15.3 Å². The molecule has 0 bridgehead atoms. The largest absolute Gasteiger partial charge is 0.480 e. The molecule has 0 saturated carbocycles. The van der Waals surface area contributed by atoms with Gasteiger partial charge in [-0.25, -0.2) is 0 Å². The molecule has 2 aliphatic rings. The van der Waals surface area contributed by atoms with Crippen molar-refractivity contribution in [1.82, 2.24) is 10.2 Å². The monoisotopic (exact) mass is 334 g/mol. The Morgan fingerprint density at radius 2 is 2.00 bits per heavy atom. The van der Waals surface area contributed by atoms with Gasteiger partial charge in [-0.2, -0.15) is 0 Å². The minimum absolute atomic E-state index is 0.0502. The summed E-state index contributed by atoms with van der Waals surface area (Å²) in [6.45, 7) is 4.74. The third-order valence-corrected chi connectivity index (χ3v) is 5.61. The lowest BCUT2D eigenvalue weighted by molar-refractivity contribution is -0.150. The molecule has 0 aromatic heterocycles. The molecule has 2 aliphatic heterocycles. The smallest absolute Gasteiger partial charge is 0.320 e. The number of thioether (sulfide) groups is 1. The number of benzene rings is 1. The van der Waals surface area contributed by atoms with Crippen molar-refractivity contribution in [1.29, 1.82) is 0 Å². The Kier molecular flexibility index (Phi) is 3.83. The van der Waals surface area contributed by atoms with Crippen LogP contribution in [0.4, 0.5) is 0 Å². The molecule has 1 aromatic rings. The first-order chi connectivity index (χ1) is 10.8. The summed E-state index contributed by atoms with van der Waals surface area (Å²) in [6.07, 6.45) is 0. The molecule has 1 aromatic carbocycles. The van der Waals surface area contributed by atoms with Crippen molar-refractivity contribution in [3.05, 3.63) is 35.9 Å². The van der Waals surface area contributed by atoms with E-state index in [1.165, 1.54) is 0 Å². The van der Waals surface area contributed by atoms with Crippen LogP contribution in [0.25, 0.3) is 0 Å². The lowest BCUT2D eigenvalue weighted by atomic mass is 9.97. The molecule has 2 fully saturated rings. The van der Waals surface area contributed by atoms with E-state index in [0.717, 1.165) is 0 Å². The summed E-state index contributed by atoms with van der Waals surface area (Å²) >= 11 is 1.63. The molecular weight excluding hydrogens is 316 g/mol. The molecule has 2 amide bonds. The maximum Gasteiger partial charge on any atom is 0.320 e. The van der Waals surface area contributed by atoms with E-state index in [2.05, 4.69) is 5.32 Å². The van der Waals surface area contributed by atoms with Crippen molar-refractivity contribution in [3.63, 3.8) is 0 Å². The number of β-lactam (4-membered cyclic amide) rings is 1. The molecule has 3 rings (SSSR count). The first-order valence-corrected chi connectivity index (χ1v) is 8.24. The van der Waals surface area contributed by atoms with E-state index < -0.39 is 23.8 Å². The summed E-state index contributed by atoms with van der Waals surface area (Å²) < 4.78 is -0.0502. The van der Waals surface area contributed by atoms with E-state index in [9.17, 15) is 19.5 Å². The average molecular weight is 334 g/mol. The molecule has 3 atom stereocenters. The number of carboxylic acids is 1. The van der Waals surface area contributed by atoms with Gasteiger partial charge in [-0.15, -0.1) is 11.8 Å². The minimum atomic E-state index is -1.31. The van der Waals surface area contributed by atoms with Crippen molar-refractivity contribution in [2.45, 2.75) is 35.9 Å². The molecule has 1 unspecified atom stereocenters. The molecule has 2 N–H and O–H groups in total. The Labute approximate surface area is 138 Å². The van der Waals surface area contributed by atoms with Crippen LogP contribution in [0.3, 0.4) is 0 Å². The second kappa shape index (κ2) is 5.56. The van der Waals surface area contributed by atoms with Crippen LogP contribution >= 0.6 is 11.8 Å². The maximum atomic E-state index is 12.4. The average Bonchev–Trinajstić information content (AvgIpc) is 2.78. The maximum absolute atomic E-state index is 12.4. The number of carbonyl (C=O) groups excluding carboxylic acids is 2. The Hall–Kier alpha value is -2.02. The highest BCUT2D eigenvalue weighted by Gasteiger charge is 2.56. The summed E-state index contributed by atoms with van der Waals surface area (Å²) in [5.41, 5.74) is 0.403. The van der Waals surface area contributed by atoms with Crippen LogP contribution in [-0.4, -0.2) is 50.5 Å². The Bertz CT molecular complexity index is 661. The number of amides is 2. The standard InChI is InChI=1S/C16H18N2O4S/c1-16(2)8-18-13(20)11(14(18)23-16)17-12(19)10(15(21)22)9-6-4-3-5-7-9/h3-7,10-11,14H,8H2,1-2H3,(H,17,19)(H,21,22)/t10?,11-,14-/m1/s1. The normalized spacial score (nSPS) is 26.2. The van der Waals surface area contributed by atoms with Crippen molar-refractivity contribution >= 4 is 29.5 Å². The predicted molar refractivity (Wildman–Crippen MR) is 85.9 cm³/mol. The first-order valence-electron chi connectivity index (χ1n) is 7.36. The van der Waals surface area contributed by atoms with E-state index in [0.29, 0.717) is 12.1 Å². The zero-order valence-electron chi connectivity index (χ0n) is 12.9.